The highest BCUT2D eigenvalue weighted by Gasteiger charge is 2.26. The first-order chi connectivity index (χ1) is 14.0. The first-order valence-corrected chi connectivity index (χ1v) is 9.72. The first-order valence-electron chi connectivity index (χ1n) is 9.72. The first kappa shape index (κ1) is 20.9. The number of carbonyl (C=O) groups is 2. The number of hydrogen-bond acceptors (Lipinski definition) is 3. The summed E-state index contributed by atoms with van der Waals surface area (Å²) in [5.41, 5.74) is 1.38. The number of nitrogens with zero attached hydrogens (tertiary/aromatic N) is 2. The third-order valence-corrected chi connectivity index (χ3v) is 5.04. The lowest BCUT2D eigenvalue weighted by atomic mass is 10.0. The van der Waals surface area contributed by atoms with Crippen molar-refractivity contribution in [1.29, 1.82) is 0 Å². The van der Waals surface area contributed by atoms with Gasteiger partial charge >= 0.3 is 0 Å². The number of benzene rings is 2. The summed E-state index contributed by atoms with van der Waals surface area (Å²) in [6, 6.07) is 17.8. The summed E-state index contributed by atoms with van der Waals surface area (Å²) in [6.07, 6.45) is -2.25. The van der Waals surface area contributed by atoms with Crippen LogP contribution in [0.4, 0.5) is 8.78 Å². The van der Waals surface area contributed by atoms with E-state index in [0.29, 0.717) is 31.7 Å². The van der Waals surface area contributed by atoms with Crippen molar-refractivity contribution < 1.29 is 18.4 Å². The van der Waals surface area contributed by atoms with E-state index in [2.05, 4.69) is 5.32 Å². The molecule has 1 unspecified atom stereocenters. The molecular weight excluding hydrogens is 376 g/mol. The van der Waals surface area contributed by atoms with E-state index in [1.54, 1.807) is 34.1 Å². The van der Waals surface area contributed by atoms with Crippen LogP contribution < -0.4 is 5.32 Å². The molecule has 1 fully saturated rings. The van der Waals surface area contributed by atoms with Crippen molar-refractivity contribution in [3.63, 3.8) is 0 Å². The molecule has 1 aliphatic rings. The fourth-order valence-corrected chi connectivity index (χ4v) is 3.45. The molecule has 0 spiro atoms. The minimum atomic E-state index is -2.37. The van der Waals surface area contributed by atoms with Gasteiger partial charge in [0.15, 0.2) is 0 Å². The van der Waals surface area contributed by atoms with E-state index in [1.807, 2.05) is 36.4 Å². The Morgan fingerprint density at radius 1 is 0.897 bits per heavy atom. The Labute approximate surface area is 169 Å². The Morgan fingerprint density at radius 3 is 2.07 bits per heavy atom. The van der Waals surface area contributed by atoms with Crippen molar-refractivity contribution >= 4 is 11.8 Å². The molecule has 0 saturated carbocycles. The summed E-state index contributed by atoms with van der Waals surface area (Å²) < 4.78 is 25.1. The van der Waals surface area contributed by atoms with Crippen LogP contribution in [0.15, 0.2) is 60.7 Å². The minimum Gasteiger partial charge on any atom is -0.345 e. The number of rotatable bonds is 7. The molecule has 1 saturated heterocycles. The lowest BCUT2D eigenvalue weighted by Gasteiger charge is -2.35. The molecule has 5 nitrogen and oxygen atoms in total. The van der Waals surface area contributed by atoms with Crippen LogP contribution in [0, 0.1) is 0 Å². The van der Waals surface area contributed by atoms with Crippen LogP contribution in [0.25, 0.3) is 0 Å². The number of hydrogen-bond donors (Lipinski definition) is 1. The van der Waals surface area contributed by atoms with E-state index < -0.39 is 12.5 Å². The molecule has 1 heterocycles. The van der Waals surface area contributed by atoms with Gasteiger partial charge in [-0.2, -0.15) is 0 Å². The summed E-state index contributed by atoms with van der Waals surface area (Å²) in [4.78, 5) is 28.8. The van der Waals surface area contributed by atoms with Gasteiger partial charge in [0.2, 0.25) is 5.91 Å². The van der Waals surface area contributed by atoms with Gasteiger partial charge < -0.3 is 10.2 Å². The quantitative estimate of drug-likeness (QED) is 0.776. The lowest BCUT2D eigenvalue weighted by molar-refractivity contribution is -0.133. The predicted octanol–water partition coefficient (Wildman–Crippen LogP) is 2.96. The largest absolute Gasteiger partial charge is 0.345 e. The van der Waals surface area contributed by atoms with Crippen molar-refractivity contribution in [3.8, 4) is 0 Å². The van der Waals surface area contributed by atoms with E-state index in [1.165, 1.54) is 0 Å². The maximum atomic E-state index is 12.8. The minimum absolute atomic E-state index is 0.0936. The van der Waals surface area contributed by atoms with Crippen LogP contribution in [-0.4, -0.2) is 60.8 Å². The molecule has 0 aliphatic carbocycles. The third-order valence-electron chi connectivity index (χ3n) is 5.04. The summed E-state index contributed by atoms with van der Waals surface area (Å²) in [7, 11) is 0. The van der Waals surface area contributed by atoms with E-state index in [-0.39, 0.29) is 24.8 Å². The molecule has 154 valence electrons. The fourth-order valence-electron chi connectivity index (χ4n) is 3.45. The molecule has 1 aliphatic heterocycles. The molecule has 3 rings (SSSR count). The highest BCUT2D eigenvalue weighted by atomic mass is 19.3. The van der Waals surface area contributed by atoms with Gasteiger partial charge in [0, 0.05) is 31.7 Å². The van der Waals surface area contributed by atoms with Crippen LogP contribution in [0.5, 0.6) is 0 Å². The summed E-state index contributed by atoms with van der Waals surface area (Å²) in [5.74, 6) is -0.335. The number of alkyl halides is 2. The summed E-state index contributed by atoms with van der Waals surface area (Å²) >= 11 is 0. The van der Waals surface area contributed by atoms with Gasteiger partial charge in [-0.05, 0) is 17.7 Å². The Balaban J connectivity index is 1.64. The van der Waals surface area contributed by atoms with E-state index >= 15 is 0 Å². The summed E-state index contributed by atoms with van der Waals surface area (Å²) in [6.45, 7) is 1.44. The molecule has 29 heavy (non-hydrogen) atoms. The van der Waals surface area contributed by atoms with Gasteiger partial charge in [0.25, 0.3) is 12.3 Å². The maximum absolute atomic E-state index is 12.8. The monoisotopic (exact) mass is 401 g/mol. The second-order valence-electron chi connectivity index (χ2n) is 7.08. The van der Waals surface area contributed by atoms with Gasteiger partial charge in [-0.3, -0.25) is 14.5 Å². The smallest absolute Gasteiger partial charge is 0.251 e. The topological polar surface area (TPSA) is 52.7 Å². The van der Waals surface area contributed by atoms with Gasteiger partial charge in [-0.25, -0.2) is 8.78 Å². The maximum Gasteiger partial charge on any atom is 0.251 e. The lowest BCUT2D eigenvalue weighted by Crippen LogP contribution is -2.50. The zero-order valence-corrected chi connectivity index (χ0v) is 16.1. The van der Waals surface area contributed by atoms with E-state index in [0.717, 1.165) is 5.56 Å². The Bertz CT molecular complexity index is 794. The zero-order chi connectivity index (χ0) is 20.6. The Hall–Kier alpha value is -2.80. The second-order valence-corrected chi connectivity index (χ2v) is 7.08. The van der Waals surface area contributed by atoms with Crippen LogP contribution in [0.3, 0.4) is 0 Å². The number of nitrogens with one attached hydrogen (secondary N) is 1. The Kier molecular flexibility index (Phi) is 7.30. The molecule has 2 amide bonds. The number of piperazine rings is 1. The molecule has 1 N–H and O–H groups in total. The zero-order valence-electron chi connectivity index (χ0n) is 16.1. The average molecular weight is 401 g/mol. The summed E-state index contributed by atoms with van der Waals surface area (Å²) in [5, 5.41) is 2.96. The number of halogens is 2. The van der Waals surface area contributed by atoms with Crippen molar-refractivity contribution in [2.24, 2.45) is 0 Å². The van der Waals surface area contributed by atoms with Crippen molar-refractivity contribution in [3.05, 3.63) is 71.8 Å². The molecule has 0 bridgehead atoms. The predicted molar refractivity (Wildman–Crippen MR) is 107 cm³/mol. The normalized spacial score (nSPS) is 15.9. The molecule has 0 radical (unpaired) electrons. The number of amides is 2. The van der Waals surface area contributed by atoms with Crippen LogP contribution in [-0.2, 0) is 4.79 Å². The fraction of sp³-hybridized carbons (Fsp3) is 0.364. The van der Waals surface area contributed by atoms with Gasteiger partial charge in [0.05, 0.1) is 19.0 Å². The van der Waals surface area contributed by atoms with Gasteiger partial charge in [0.1, 0.15) is 0 Å². The van der Waals surface area contributed by atoms with Crippen LogP contribution in [0.2, 0.25) is 0 Å². The highest BCUT2D eigenvalue weighted by molar-refractivity contribution is 5.94. The van der Waals surface area contributed by atoms with Crippen molar-refractivity contribution in [2.45, 2.75) is 18.9 Å². The number of carbonyl (C=O) groups excluding carboxylic acids is 2. The molecular formula is C22H25F2N3O2. The van der Waals surface area contributed by atoms with Gasteiger partial charge in [-0.15, -0.1) is 0 Å². The molecule has 1 atom stereocenters. The van der Waals surface area contributed by atoms with Crippen LogP contribution >= 0.6 is 0 Å². The standard InChI is InChI=1S/C22H25F2N3O2/c23-20(24)16-26-11-13-27(14-12-26)21(28)15-19(17-7-3-1-4-8-17)25-22(29)18-9-5-2-6-10-18/h1-10,19-20H,11-16H2,(H,25,29). The Morgan fingerprint density at radius 2 is 1.48 bits per heavy atom. The molecule has 7 heteroatoms. The van der Waals surface area contributed by atoms with Crippen molar-refractivity contribution in [1.82, 2.24) is 15.1 Å². The second kappa shape index (κ2) is 10.1. The van der Waals surface area contributed by atoms with Crippen molar-refractivity contribution in [2.75, 3.05) is 32.7 Å². The highest BCUT2D eigenvalue weighted by Crippen LogP contribution is 2.19. The van der Waals surface area contributed by atoms with Gasteiger partial charge in [-0.1, -0.05) is 48.5 Å². The third kappa shape index (κ3) is 6.09. The molecule has 2 aromatic rings. The van der Waals surface area contributed by atoms with E-state index in [9.17, 15) is 18.4 Å². The molecule has 2 aromatic carbocycles. The van der Waals surface area contributed by atoms with Crippen LogP contribution in [0.1, 0.15) is 28.4 Å². The molecule has 0 aromatic heterocycles. The average Bonchev–Trinajstić information content (AvgIpc) is 2.74. The SMILES string of the molecule is O=C(NC(CC(=O)N1CCN(CC(F)F)CC1)c1ccccc1)c1ccccc1. The van der Waals surface area contributed by atoms with E-state index in [4.69, 9.17) is 0 Å².